The van der Waals surface area contributed by atoms with Crippen molar-refractivity contribution in [1.82, 2.24) is 19.9 Å². The molecule has 1 fully saturated rings. The second-order valence-electron chi connectivity index (χ2n) is 13.7. The maximum Gasteiger partial charge on any atom is 0.224 e. The van der Waals surface area contributed by atoms with Crippen molar-refractivity contribution in [3.05, 3.63) is 113 Å². The molecule has 9 heteroatoms. The first-order chi connectivity index (χ1) is 25.4. The molecule has 52 heavy (non-hydrogen) atoms. The van der Waals surface area contributed by atoms with E-state index in [0.29, 0.717) is 36.3 Å². The molecule has 1 saturated carbocycles. The maximum absolute atomic E-state index is 10.3. The van der Waals surface area contributed by atoms with E-state index < -0.39 is 0 Å². The Bertz CT molecular complexity index is 2170. The number of aryl methyl sites for hydroxylation is 1. The Morgan fingerprint density at radius 2 is 1.50 bits per heavy atom. The average molecular weight is 693 g/mol. The Morgan fingerprint density at radius 3 is 2.15 bits per heavy atom. The topological polar surface area (TPSA) is 117 Å². The highest BCUT2D eigenvalue weighted by Gasteiger charge is 2.26. The summed E-state index contributed by atoms with van der Waals surface area (Å²) in [6.45, 7) is 6.31. The van der Waals surface area contributed by atoms with Crippen LogP contribution in [0.3, 0.4) is 0 Å². The molecule has 0 saturated heterocycles. The Labute approximate surface area is 305 Å². The normalized spacial score (nSPS) is 16.8. The summed E-state index contributed by atoms with van der Waals surface area (Å²) < 4.78 is 11.6. The molecule has 1 aliphatic heterocycles. The van der Waals surface area contributed by atoms with Gasteiger partial charge in [-0.2, -0.15) is 5.26 Å². The lowest BCUT2D eigenvalue weighted by Gasteiger charge is -2.22. The minimum atomic E-state index is -0.190. The van der Waals surface area contributed by atoms with Crippen molar-refractivity contribution in [2.45, 2.75) is 58.6 Å². The van der Waals surface area contributed by atoms with E-state index in [4.69, 9.17) is 24.4 Å². The molecule has 2 atom stereocenters. The summed E-state index contributed by atoms with van der Waals surface area (Å²) in [5.41, 5.74) is 11.7. The number of pyridine rings is 3. The number of benzene rings is 2. The highest BCUT2D eigenvalue weighted by Crippen LogP contribution is 2.38. The van der Waals surface area contributed by atoms with Gasteiger partial charge in [-0.15, -0.1) is 0 Å². The van der Waals surface area contributed by atoms with Crippen LogP contribution in [0, 0.1) is 31.1 Å². The van der Waals surface area contributed by atoms with Gasteiger partial charge in [0.15, 0.2) is 0 Å². The molecular weight excluding hydrogens is 649 g/mol. The van der Waals surface area contributed by atoms with Gasteiger partial charge in [0.2, 0.25) is 11.8 Å². The third-order valence-electron chi connectivity index (χ3n) is 10.6. The number of rotatable bonds is 11. The summed E-state index contributed by atoms with van der Waals surface area (Å²) in [5, 5.41) is 19.6. The largest absolute Gasteiger partial charge is 0.481 e. The molecule has 0 radical (unpaired) electrons. The van der Waals surface area contributed by atoms with Gasteiger partial charge in [0.05, 0.1) is 49.4 Å². The van der Waals surface area contributed by atoms with Crippen molar-refractivity contribution in [2.75, 3.05) is 27.3 Å². The number of nitrogens with zero attached hydrogens (tertiary/aromatic N) is 6. The Balaban J connectivity index is 1.15. The summed E-state index contributed by atoms with van der Waals surface area (Å²) in [4.78, 5) is 21.2. The van der Waals surface area contributed by atoms with Gasteiger partial charge in [-0.05, 0) is 97.5 Å². The monoisotopic (exact) mass is 692 g/mol. The number of aliphatic imine (C=N–C) groups is 1. The highest BCUT2D eigenvalue weighted by molar-refractivity contribution is 6.02. The smallest absolute Gasteiger partial charge is 0.224 e. The van der Waals surface area contributed by atoms with Gasteiger partial charge in [-0.1, -0.05) is 48.9 Å². The second-order valence-corrected chi connectivity index (χ2v) is 13.7. The SMILES string of the molecule is COc1nc(-c2cccc(-c3cccc(-c4ccc(C5=NCCN5Cc5cncc(C#N)c5)c(OC)n4)c3C)c2C)ccc1CC[C@@H]1CCC[C@@H]1O. The summed E-state index contributed by atoms with van der Waals surface area (Å²) in [5.74, 6) is 2.33. The quantitative estimate of drug-likeness (QED) is 0.150. The molecule has 2 aliphatic rings. The number of nitriles is 1. The Hall–Kier alpha value is -5.59. The molecule has 0 bridgehead atoms. The van der Waals surface area contributed by atoms with Gasteiger partial charge < -0.3 is 19.5 Å². The minimum Gasteiger partial charge on any atom is -0.481 e. The second kappa shape index (κ2) is 15.3. The predicted octanol–water partition coefficient (Wildman–Crippen LogP) is 7.73. The van der Waals surface area contributed by atoms with E-state index in [1.54, 1.807) is 26.6 Å². The Morgan fingerprint density at radius 1 is 0.827 bits per heavy atom. The molecule has 264 valence electrons. The van der Waals surface area contributed by atoms with E-state index >= 15 is 0 Å². The molecule has 3 aromatic heterocycles. The van der Waals surface area contributed by atoms with Gasteiger partial charge in [-0.3, -0.25) is 9.98 Å². The first-order valence-electron chi connectivity index (χ1n) is 18.0. The zero-order chi connectivity index (χ0) is 36.2. The van der Waals surface area contributed by atoms with Crippen LogP contribution in [0.25, 0.3) is 33.6 Å². The van der Waals surface area contributed by atoms with E-state index in [9.17, 15) is 10.4 Å². The van der Waals surface area contributed by atoms with Crippen molar-refractivity contribution in [3.63, 3.8) is 0 Å². The van der Waals surface area contributed by atoms with E-state index in [-0.39, 0.29) is 6.10 Å². The van der Waals surface area contributed by atoms with Crippen LogP contribution >= 0.6 is 0 Å². The molecule has 1 N–H and O–H groups in total. The number of hydrogen-bond donors (Lipinski definition) is 1. The van der Waals surface area contributed by atoms with Crippen LogP contribution in [-0.2, 0) is 13.0 Å². The summed E-state index contributed by atoms with van der Waals surface area (Å²) >= 11 is 0. The zero-order valence-electron chi connectivity index (χ0n) is 30.3. The van der Waals surface area contributed by atoms with Gasteiger partial charge >= 0.3 is 0 Å². The first kappa shape index (κ1) is 34.8. The van der Waals surface area contributed by atoms with Crippen LogP contribution in [0.5, 0.6) is 11.8 Å². The van der Waals surface area contributed by atoms with Crippen LogP contribution in [0.15, 0.2) is 84.1 Å². The number of ether oxygens (including phenoxy) is 2. The lowest BCUT2D eigenvalue weighted by molar-refractivity contribution is 0.128. The van der Waals surface area contributed by atoms with Crippen LogP contribution < -0.4 is 9.47 Å². The Kier molecular flexibility index (Phi) is 10.3. The standard InChI is InChI=1S/C43H44N6O3/c1-27-33(9-6-11-35(27)38-18-16-32(42(47-38)51-3)15-14-31-8-5-13-40(31)50)34-10-7-12-36(28(34)2)39-19-17-37(43(48-39)52-4)41-46-20-21-49(41)26-30-22-29(23-44)24-45-25-30/h6-7,9-12,16-19,22,24-25,31,40,50H,5,8,13-15,20-21,26H2,1-4H3/t31-,40-/m0/s1. The number of methoxy groups -OCH3 is 2. The highest BCUT2D eigenvalue weighted by atomic mass is 16.5. The molecule has 7 rings (SSSR count). The van der Waals surface area contributed by atoms with Crippen LogP contribution in [0.4, 0.5) is 0 Å². The molecular formula is C43H44N6O3. The average Bonchev–Trinajstić information content (AvgIpc) is 3.82. The van der Waals surface area contributed by atoms with E-state index in [2.05, 4.69) is 78.3 Å². The molecule has 0 amide bonds. The lowest BCUT2D eigenvalue weighted by Crippen LogP contribution is -2.28. The fourth-order valence-electron chi connectivity index (χ4n) is 7.75. The van der Waals surface area contributed by atoms with Crippen molar-refractivity contribution in [1.29, 1.82) is 5.26 Å². The van der Waals surface area contributed by atoms with E-state index in [1.165, 1.54) is 0 Å². The van der Waals surface area contributed by atoms with Crippen molar-refractivity contribution in [2.24, 2.45) is 10.9 Å². The minimum absolute atomic E-state index is 0.190. The molecule has 4 heterocycles. The van der Waals surface area contributed by atoms with Gasteiger partial charge in [0.25, 0.3) is 0 Å². The fourth-order valence-corrected chi connectivity index (χ4v) is 7.75. The number of aromatic nitrogens is 3. The molecule has 5 aromatic rings. The van der Waals surface area contributed by atoms with Crippen molar-refractivity contribution >= 4 is 5.84 Å². The van der Waals surface area contributed by atoms with Gasteiger partial charge in [-0.25, -0.2) is 9.97 Å². The van der Waals surface area contributed by atoms with Crippen LogP contribution in [-0.4, -0.2) is 64.2 Å². The summed E-state index contributed by atoms with van der Waals surface area (Å²) in [6, 6.07) is 25.0. The maximum atomic E-state index is 10.3. The predicted molar refractivity (Wildman–Crippen MR) is 203 cm³/mol. The number of amidine groups is 1. The fraction of sp³-hybridized carbons (Fsp3) is 0.326. The first-order valence-corrected chi connectivity index (χ1v) is 18.0. The van der Waals surface area contributed by atoms with Crippen molar-refractivity contribution < 1.29 is 14.6 Å². The van der Waals surface area contributed by atoms with Gasteiger partial charge in [0, 0.05) is 42.2 Å². The van der Waals surface area contributed by atoms with Crippen molar-refractivity contribution in [3.8, 4) is 51.5 Å². The van der Waals surface area contributed by atoms with E-state index in [0.717, 1.165) is 106 Å². The molecule has 1 aliphatic carbocycles. The van der Waals surface area contributed by atoms with E-state index in [1.807, 2.05) is 18.2 Å². The van der Waals surface area contributed by atoms with Crippen LogP contribution in [0.2, 0.25) is 0 Å². The molecule has 2 aromatic carbocycles. The molecule has 0 unspecified atom stereocenters. The van der Waals surface area contributed by atoms with Crippen LogP contribution in [0.1, 0.15) is 59.1 Å². The lowest BCUT2D eigenvalue weighted by atomic mass is 9.89. The molecule has 9 nitrogen and oxygen atoms in total. The number of aliphatic hydroxyl groups is 1. The number of hydrogen-bond acceptors (Lipinski definition) is 9. The third-order valence-corrected chi connectivity index (χ3v) is 10.6. The summed E-state index contributed by atoms with van der Waals surface area (Å²) in [7, 11) is 3.32. The zero-order valence-corrected chi connectivity index (χ0v) is 30.3. The third kappa shape index (κ3) is 6.99. The molecule has 0 spiro atoms. The number of aliphatic hydroxyl groups excluding tert-OH is 1. The van der Waals surface area contributed by atoms with Gasteiger partial charge in [0.1, 0.15) is 11.9 Å². The summed E-state index contributed by atoms with van der Waals surface area (Å²) in [6.07, 6.45) is 8.05.